The van der Waals surface area contributed by atoms with Crippen molar-refractivity contribution in [1.29, 1.82) is 0 Å². The van der Waals surface area contributed by atoms with Crippen LogP contribution in [0.25, 0.3) is 5.65 Å². The van der Waals surface area contributed by atoms with Crippen LogP contribution in [0.3, 0.4) is 0 Å². The zero-order chi connectivity index (χ0) is 16.4. The van der Waals surface area contributed by atoms with Crippen LogP contribution in [-0.4, -0.2) is 27.1 Å². The first-order chi connectivity index (χ1) is 10.9. The second-order valence-corrected chi connectivity index (χ2v) is 6.44. The van der Waals surface area contributed by atoms with Gasteiger partial charge in [0.2, 0.25) is 0 Å². The highest BCUT2D eigenvalue weighted by atomic mass is 32.1. The van der Waals surface area contributed by atoms with Gasteiger partial charge in [-0.1, -0.05) is 0 Å². The molecule has 23 heavy (non-hydrogen) atoms. The van der Waals surface area contributed by atoms with Crippen molar-refractivity contribution in [3.05, 3.63) is 52.6 Å². The highest BCUT2D eigenvalue weighted by Gasteiger charge is 2.24. The van der Waals surface area contributed by atoms with Crippen LogP contribution < -0.4 is 10.6 Å². The summed E-state index contributed by atoms with van der Waals surface area (Å²) in [4.78, 5) is 16.3. The van der Waals surface area contributed by atoms with E-state index in [-0.39, 0.29) is 12.6 Å². The predicted octanol–water partition coefficient (Wildman–Crippen LogP) is 2.73. The maximum atomic E-state index is 12.0. The second-order valence-electron chi connectivity index (χ2n) is 5.66. The molecule has 0 radical (unpaired) electrons. The van der Waals surface area contributed by atoms with Gasteiger partial charge in [-0.3, -0.25) is 0 Å². The fraction of sp³-hybridized carbons (Fsp3) is 0.250. The zero-order valence-corrected chi connectivity index (χ0v) is 13.7. The maximum absolute atomic E-state index is 12.0. The Bertz CT molecular complexity index is 824. The van der Waals surface area contributed by atoms with E-state index in [9.17, 15) is 9.90 Å². The normalized spacial score (nSPS) is 13.7. The third-order valence-corrected chi connectivity index (χ3v) is 4.25. The summed E-state index contributed by atoms with van der Waals surface area (Å²) in [6.07, 6.45) is 3.69. The third-order valence-electron chi connectivity index (χ3n) is 3.57. The molecule has 2 amide bonds. The number of aryl methyl sites for hydroxylation is 1. The summed E-state index contributed by atoms with van der Waals surface area (Å²) in [7, 11) is 0. The molecule has 0 aliphatic carbocycles. The smallest absolute Gasteiger partial charge is 0.319 e. The van der Waals surface area contributed by atoms with Crippen LogP contribution in [-0.2, 0) is 5.60 Å². The molecule has 0 saturated carbocycles. The molecule has 1 atom stereocenters. The van der Waals surface area contributed by atoms with Gasteiger partial charge in [0.25, 0.3) is 0 Å². The predicted molar refractivity (Wildman–Crippen MR) is 90.8 cm³/mol. The lowest BCUT2D eigenvalue weighted by Crippen LogP contribution is -2.40. The average molecular weight is 330 g/mol. The molecule has 0 fully saturated rings. The number of anilines is 1. The standard InChI is InChI=1S/C16H18N4O2S/c1-11-7-20-8-13(3-4-14(20)18-11)19-15(21)17-10-16(2,22)12-5-6-23-9-12/h3-9,22H,10H2,1-2H3,(H2,17,19,21). The van der Waals surface area contributed by atoms with Gasteiger partial charge in [-0.15, -0.1) is 0 Å². The minimum atomic E-state index is -1.09. The molecular weight excluding hydrogens is 312 g/mol. The van der Waals surface area contributed by atoms with E-state index in [1.807, 2.05) is 40.4 Å². The van der Waals surface area contributed by atoms with Gasteiger partial charge < -0.3 is 20.1 Å². The number of amides is 2. The Morgan fingerprint density at radius 2 is 2.22 bits per heavy atom. The van der Waals surface area contributed by atoms with Gasteiger partial charge in [0, 0.05) is 12.4 Å². The van der Waals surface area contributed by atoms with Crippen molar-refractivity contribution in [2.45, 2.75) is 19.4 Å². The molecule has 3 heterocycles. The van der Waals surface area contributed by atoms with Crippen LogP contribution in [0.1, 0.15) is 18.2 Å². The van der Waals surface area contributed by atoms with E-state index in [4.69, 9.17) is 0 Å². The number of thiophene rings is 1. The SMILES string of the molecule is Cc1cn2cc(NC(=O)NCC(C)(O)c3ccsc3)ccc2n1. The molecule has 3 rings (SSSR count). The monoisotopic (exact) mass is 330 g/mol. The molecule has 120 valence electrons. The molecule has 0 saturated heterocycles. The fourth-order valence-electron chi connectivity index (χ4n) is 2.29. The number of pyridine rings is 1. The molecule has 3 N–H and O–H groups in total. The van der Waals surface area contributed by atoms with Gasteiger partial charge in [0.05, 0.1) is 17.9 Å². The lowest BCUT2D eigenvalue weighted by molar-refractivity contribution is 0.0604. The lowest BCUT2D eigenvalue weighted by Gasteiger charge is -2.22. The Morgan fingerprint density at radius 3 is 2.96 bits per heavy atom. The minimum Gasteiger partial charge on any atom is -0.384 e. The quantitative estimate of drug-likeness (QED) is 0.688. The van der Waals surface area contributed by atoms with Gasteiger partial charge in [-0.05, 0) is 48.4 Å². The summed E-state index contributed by atoms with van der Waals surface area (Å²) in [6.45, 7) is 3.72. The Labute approximate surface area is 137 Å². The number of urea groups is 1. The van der Waals surface area contributed by atoms with Crippen molar-refractivity contribution >= 4 is 28.7 Å². The highest BCUT2D eigenvalue weighted by Crippen LogP contribution is 2.22. The number of fused-ring (bicyclic) bond motifs is 1. The number of nitrogens with zero attached hydrogens (tertiary/aromatic N) is 2. The van der Waals surface area contributed by atoms with Gasteiger partial charge in [0.15, 0.2) is 0 Å². The largest absolute Gasteiger partial charge is 0.384 e. The van der Waals surface area contributed by atoms with Gasteiger partial charge in [-0.25, -0.2) is 9.78 Å². The van der Waals surface area contributed by atoms with Crippen molar-refractivity contribution in [2.75, 3.05) is 11.9 Å². The van der Waals surface area contributed by atoms with Crippen LogP contribution in [0.15, 0.2) is 41.4 Å². The Hall–Kier alpha value is -2.38. The van der Waals surface area contributed by atoms with Crippen LogP contribution in [0, 0.1) is 6.92 Å². The van der Waals surface area contributed by atoms with E-state index in [0.717, 1.165) is 16.9 Å². The van der Waals surface area contributed by atoms with E-state index in [2.05, 4.69) is 15.6 Å². The summed E-state index contributed by atoms with van der Waals surface area (Å²) >= 11 is 1.51. The zero-order valence-electron chi connectivity index (χ0n) is 12.9. The van der Waals surface area contributed by atoms with Gasteiger partial charge in [-0.2, -0.15) is 11.3 Å². The second kappa shape index (κ2) is 6.02. The number of aromatic nitrogens is 2. The molecule has 7 heteroatoms. The number of hydrogen-bond donors (Lipinski definition) is 3. The Kier molecular flexibility index (Phi) is 4.06. The van der Waals surface area contributed by atoms with Crippen LogP contribution in [0.5, 0.6) is 0 Å². The Balaban J connectivity index is 1.62. The summed E-state index contributed by atoms with van der Waals surface area (Å²) < 4.78 is 1.85. The molecule has 0 aromatic carbocycles. The summed E-state index contributed by atoms with van der Waals surface area (Å²) in [5, 5.41) is 19.6. The van der Waals surface area contributed by atoms with Crippen molar-refractivity contribution in [3.8, 4) is 0 Å². The number of aliphatic hydroxyl groups is 1. The number of hydrogen-bond acceptors (Lipinski definition) is 4. The number of nitrogens with one attached hydrogen (secondary N) is 2. The minimum absolute atomic E-state index is 0.127. The van der Waals surface area contributed by atoms with Crippen molar-refractivity contribution in [3.63, 3.8) is 0 Å². The number of imidazole rings is 1. The topological polar surface area (TPSA) is 78.7 Å². The number of carbonyl (C=O) groups is 1. The molecule has 0 aliphatic rings. The fourth-order valence-corrected chi connectivity index (χ4v) is 3.08. The number of carbonyl (C=O) groups excluding carboxylic acids is 1. The van der Waals surface area contributed by atoms with E-state index in [1.54, 1.807) is 19.2 Å². The summed E-state index contributed by atoms with van der Waals surface area (Å²) in [5.41, 5.74) is 2.09. The maximum Gasteiger partial charge on any atom is 0.319 e. The molecule has 3 aromatic heterocycles. The first-order valence-corrected chi connectivity index (χ1v) is 8.13. The molecule has 0 bridgehead atoms. The molecule has 1 unspecified atom stereocenters. The van der Waals surface area contributed by atoms with Gasteiger partial charge in [0.1, 0.15) is 11.2 Å². The Morgan fingerprint density at radius 1 is 1.39 bits per heavy atom. The summed E-state index contributed by atoms with van der Waals surface area (Å²) in [5.74, 6) is 0. The van der Waals surface area contributed by atoms with E-state index >= 15 is 0 Å². The van der Waals surface area contributed by atoms with Crippen LogP contribution >= 0.6 is 11.3 Å². The van der Waals surface area contributed by atoms with Crippen LogP contribution in [0.2, 0.25) is 0 Å². The van der Waals surface area contributed by atoms with Crippen LogP contribution in [0.4, 0.5) is 10.5 Å². The van der Waals surface area contributed by atoms with Crippen molar-refractivity contribution in [1.82, 2.24) is 14.7 Å². The highest BCUT2D eigenvalue weighted by molar-refractivity contribution is 7.08. The summed E-state index contributed by atoms with van der Waals surface area (Å²) in [6, 6.07) is 5.11. The number of rotatable bonds is 4. The van der Waals surface area contributed by atoms with Crippen molar-refractivity contribution < 1.29 is 9.90 Å². The first kappa shape index (κ1) is 15.5. The molecular formula is C16H18N4O2S. The van der Waals surface area contributed by atoms with Gasteiger partial charge >= 0.3 is 6.03 Å². The van der Waals surface area contributed by atoms with E-state index in [1.165, 1.54) is 11.3 Å². The third kappa shape index (κ3) is 3.52. The van der Waals surface area contributed by atoms with E-state index < -0.39 is 5.60 Å². The molecule has 6 nitrogen and oxygen atoms in total. The molecule has 0 aliphatic heterocycles. The molecule has 3 aromatic rings. The van der Waals surface area contributed by atoms with Crippen molar-refractivity contribution in [2.24, 2.45) is 0 Å². The first-order valence-electron chi connectivity index (χ1n) is 7.19. The van der Waals surface area contributed by atoms with E-state index in [0.29, 0.717) is 5.69 Å². The molecule has 0 spiro atoms. The lowest BCUT2D eigenvalue weighted by atomic mass is 9.99. The average Bonchev–Trinajstić information content (AvgIpc) is 3.13.